The molecular weight excluding hydrogens is 200 g/mol. The van der Waals surface area contributed by atoms with Crippen LogP contribution in [-0.4, -0.2) is 32.7 Å². The standard InChI is InChI=1S/C9H12N2O2S/c1-7-5-8-9(6-10-7)14(12,13)4-3-11(8)2/h5-6H,3-4H2,1-2H3. The van der Waals surface area contributed by atoms with Gasteiger partial charge in [-0.25, -0.2) is 8.42 Å². The molecule has 0 bridgehead atoms. The van der Waals surface area contributed by atoms with E-state index >= 15 is 0 Å². The number of aromatic nitrogens is 1. The van der Waals surface area contributed by atoms with Crippen LogP contribution in [-0.2, 0) is 9.84 Å². The third-order valence-corrected chi connectivity index (χ3v) is 4.13. The van der Waals surface area contributed by atoms with Crippen molar-refractivity contribution < 1.29 is 8.42 Å². The molecule has 76 valence electrons. The molecule has 4 nitrogen and oxygen atoms in total. The maximum absolute atomic E-state index is 11.7. The van der Waals surface area contributed by atoms with E-state index in [4.69, 9.17) is 0 Å². The Morgan fingerprint density at radius 3 is 2.93 bits per heavy atom. The summed E-state index contributed by atoms with van der Waals surface area (Å²) in [7, 11) is -1.20. The van der Waals surface area contributed by atoms with E-state index < -0.39 is 9.84 Å². The van der Waals surface area contributed by atoms with Crippen LogP contribution in [0.5, 0.6) is 0 Å². The second-order valence-corrected chi connectivity index (χ2v) is 5.61. The van der Waals surface area contributed by atoms with Gasteiger partial charge in [-0.05, 0) is 13.0 Å². The second kappa shape index (κ2) is 2.95. The highest BCUT2D eigenvalue weighted by Gasteiger charge is 2.26. The molecule has 1 aliphatic rings. The Hall–Kier alpha value is -1.10. The van der Waals surface area contributed by atoms with Gasteiger partial charge < -0.3 is 4.90 Å². The van der Waals surface area contributed by atoms with Crippen molar-refractivity contribution in [3.8, 4) is 0 Å². The number of aryl methyl sites for hydroxylation is 1. The van der Waals surface area contributed by atoms with Gasteiger partial charge in [0.2, 0.25) is 0 Å². The van der Waals surface area contributed by atoms with E-state index in [1.807, 2.05) is 24.9 Å². The number of pyridine rings is 1. The Morgan fingerprint density at radius 2 is 2.21 bits per heavy atom. The quantitative estimate of drug-likeness (QED) is 0.632. The molecule has 5 heteroatoms. The second-order valence-electron chi connectivity index (χ2n) is 3.53. The minimum absolute atomic E-state index is 0.182. The highest BCUT2D eigenvalue weighted by atomic mass is 32.2. The summed E-state index contributed by atoms with van der Waals surface area (Å²) < 4.78 is 23.3. The molecule has 0 unspecified atom stereocenters. The monoisotopic (exact) mass is 212 g/mol. The van der Waals surface area contributed by atoms with Gasteiger partial charge in [0.15, 0.2) is 9.84 Å². The van der Waals surface area contributed by atoms with Crippen LogP contribution in [0.2, 0.25) is 0 Å². The summed E-state index contributed by atoms with van der Waals surface area (Å²) in [5, 5.41) is 0. The van der Waals surface area contributed by atoms with Crippen molar-refractivity contribution >= 4 is 15.5 Å². The zero-order valence-corrected chi connectivity index (χ0v) is 9.00. The van der Waals surface area contributed by atoms with E-state index in [0.29, 0.717) is 11.4 Å². The fourth-order valence-corrected chi connectivity index (χ4v) is 3.04. The van der Waals surface area contributed by atoms with Crippen LogP contribution in [0.15, 0.2) is 17.2 Å². The topological polar surface area (TPSA) is 50.3 Å². The third kappa shape index (κ3) is 1.37. The van der Waals surface area contributed by atoms with Gasteiger partial charge in [0.05, 0.1) is 11.4 Å². The molecule has 0 saturated heterocycles. The van der Waals surface area contributed by atoms with Crippen LogP contribution in [0.1, 0.15) is 5.69 Å². The minimum Gasteiger partial charge on any atom is -0.372 e. The fourth-order valence-electron chi connectivity index (χ4n) is 1.56. The highest BCUT2D eigenvalue weighted by molar-refractivity contribution is 7.91. The molecule has 0 aliphatic carbocycles. The first kappa shape index (κ1) is 9.45. The maximum atomic E-state index is 11.7. The zero-order valence-electron chi connectivity index (χ0n) is 8.19. The largest absolute Gasteiger partial charge is 0.372 e. The molecule has 1 aromatic rings. The zero-order chi connectivity index (χ0) is 10.3. The van der Waals surface area contributed by atoms with Crippen LogP contribution in [0.4, 0.5) is 5.69 Å². The number of rotatable bonds is 0. The first-order valence-corrected chi connectivity index (χ1v) is 6.06. The summed E-state index contributed by atoms with van der Waals surface area (Å²) in [4.78, 5) is 6.32. The van der Waals surface area contributed by atoms with Gasteiger partial charge in [0.25, 0.3) is 0 Å². The van der Waals surface area contributed by atoms with Crippen LogP contribution >= 0.6 is 0 Å². The van der Waals surface area contributed by atoms with E-state index in [1.54, 1.807) is 0 Å². The SMILES string of the molecule is Cc1cc2c(cn1)S(=O)(=O)CCN2C. The predicted octanol–water partition coefficient (Wildman–Crippen LogP) is 0.614. The molecule has 1 aromatic heterocycles. The summed E-state index contributed by atoms with van der Waals surface area (Å²) in [6.07, 6.45) is 1.45. The van der Waals surface area contributed by atoms with Crippen molar-refractivity contribution in [1.29, 1.82) is 0 Å². The van der Waals surface area contributed by atoms with Crippen molar-refractivity contribution in [2.75, 3.05) is 24.2 Å². The minimum atomic E-state index is -3.10. The van der Waals surface area contributed by atoms with Crippen LogP contribution in [0.25, 0.3) is 0 Å². The van der Waals surface area contributed by atoms with E-state index in [9.17, 15) is 8.42 Å². The van der Waals surface area contributed by atoms with Crippen molar-refractivity contribution in [1.82, 2.24) is 4.98 Å². The number of nitrogens with zero attached hydrogens (tertiary/aromatic N) is 2. The van der Waals surface area contributed by atoms with Gasteiger partial charge in [-0.1, -0.05) is 0 Å². The fraction of sp³-hybridized carbons (Fsp3) is 0.444. The summed E-state index contributed by atoms with van der Waals surface area (Å²) in [6.45, 7) is 2.41. The molecular formula is C9H12N2O2S. The smallest absolute Gasteiger partial charge is 0.183 e. The Balaban J connectivity index is 2.69. The predicted molar refractivity (Wildman–Crippen MR) is 54.3 cm³/mol. The molecule has 0 atom stereocenters. The lowest BCUT2D eigenvalue weighted by molar-refractivity contribution is 0.591. The van der Waals surface area contributed by atoms with E-state index in [1.165, 1.54) is 6.20 Å². The molecule has 14 heavy (non-hydrogen) atoms. The number of hydrogen-bond donors (Lipinski definition) is 0. The van der Waals surface area contributed by atoms with Gasteiger partial charge >= 0.3 is 0 Å². The molecule has 2 rings (SSSR count). The number of hydrogen-bond acceptors (Lipinski definition) is 4. The molecule has 0 N–H and O–H groups in total. The average Bonchev–Trinajstić information content (AvgIpc) is 2.12. The summed E-state index contributed by atoms with van der Waals surface area (Å²) in [5.74, 6) is 0.182. The normalized spacial score (nSPS) is 19.1. The number of fused-ring (bicyclic) bond motifs is 1. The average molecular weight is 212 g/mol. The van der Waals surface area contributed by atoms with Gasteiger partial charge in [0, 0.05) is 25.5 Å². The Kier molecular flexibility index (Phi) is 1.99. The van der Waals surface area contributed by atoms with Crippen LogP contribution < -0.4 is 4.90 Å². The van der Waals surface area contributed by atoms with Crippen molar-refractivity contribution in [3.05, 3.63) is 18.0 Å². The van der Waals surface area contributed by atoms with Gasteiger partial charge in [-0.15, -0.1) is 0 Å². The van der Waals surface area contributed by atoms with Crippen molar-refractivity contribution in [2.45, 2.75) is 11.8 Å². The number of sulfone groups is 1. The Morgan fingerprint density at radius 1 is 1.50 bits per heavy atom. The van der Waals surface area contributed by atoms with Crippen molar-refractivity contribution in [2.24, 2.45) is 0 Å². The molecule has 0 spiro atoms. The lowest BCUT2D eigenvalue weighted by Crippen LogP contribution is -2.32. The summed E-state index contributed by atoms with van der Waals surface area (Å²) in [6, 6.07) is 1.81. The van der Waals surface area contributed by atoms with E-state index in [-0.39, 0.29) is 5.75 Å². The van der Waals surface area contributed by atoms with Crippen molar-refractivity contribution in [3.63, 3.8) is 0 Å². The van der Waals surface area contributed by atoms with E-state index in [0.717, 1.165) is 11.4 Å². The van der Waals surface area contributed by atoms with Gasteiger partial charge in [-0.2, -0.15) is 0 Å². The molecule has 1 aliphatic heterocycles. The third-order valence-electron chi connectivity index (χ3n) is 2.43. The lowest BCUT2D eigenvalue weighted by atomic mass is 10.3. The molecule has 0 radical (unpaired) electrons. The summed E-state index contributed by atoms with van der Waals surface area (Å²) in [5.41, 5.74) is 1.61. The molecule has 0 aromatic carbocycles. The number of anilines is 1. The molecule has 2 heterocycles. The van der Waals surface area contributed by atoms with Crippen LogP contribution in [0.3, 0.4) is 0 Å². The maximum Gasteiger partial charge on any atom is 0.183 e. The molecule has 0 amide bonds. The van der Waals surface area contributed by atoms with Gasteiger partial charge in [-0.3, -0.25) is 4.98 Å². The molecule has 0 saturated carbocycles. The van der Waals surface area contributed by atoms with E-state index in [2.05, 4.69) is 4.98 Å². The highest BCUT2D eigenvalue weighted by Crippen LogP contribution is 2.28. The first-order chi connectivity index (χ1) is 6.50. The van der Waals surface area contributed by atoms with Gasteiger partial charge in [0.1, 0.15) is 4.90 Å². The van der Waals surface area contributed by atoms with Crippen LogP contribution in [0, 0.1) is 6.92 Å². The summed E-state index contributed by atoms with van der Waals surface area (Å²) >= 11 is 0. The Labute approximate surface area is 83.5 Å². The lowest BCUT2D eigenvalue weighted by Gasteiger charge is -2.26. The Bertz CT molecular complexity index is 468. The first-order valence-electron chi connectivity index (χ1n) is 4.41. The molecule has 0 fully saturated rings.